The summed E-state index contributed by atoms with van der Waals surface area (Å²) in [6.07, 6.45) is 1.46. The molecular weight excluding hydrogens is 677 g/mol. The van der Waals surface area contributed by atoms with Crippen molar-refractivity contribution in [1.82, 2.24) is 4.90 Å². The largest absolute Gasteiger partial charge is 0.486 e. The molecule has 0 unspecified atom stereocenters. The van der Waals surface area contributed by atoms with Crippen LogP contribution in [0.25, 0.3) is 6.08 Å². The zero-order valence-corrected chi connectivity index (χ0v) is 23.6. The Kier molecular flexibility index (Phi) is 8.86. The summed E-state index contributed by atoms with van der Waals surface area (Å²) >= 11 is 13.7. The van der Waals surface area contributed by atoms with Crippen LogP contribution in [0.4, 0.5) is 23.7 Å². The van der Waals surface area contributed by atoms with Crippen LogP contribution in [0.3, 0.4) is 0 Å². The Balaban J connectivity index is 1.45. The first-order valence-corrected chi connectivity index (χ1v) is 13.4. The number of carbonyl (C=O) groups excluding carboxylic acids is 3. The monoisotopic (exact) mass is 688 g/mol. The number of rotatable bonds is 7. The lowest BCUT2D eigenvalue weighted by Crippen LogP contribution is -2.36. The van der Waals surface area contributed by atoms with Crippen molar-refractivity contribution in [3.63, 3.8) is 0 Å². The molecule has 0 atom stereocenters. The molecule has 1 heterocycles. The predicted molar refractivity (Wildman–Crippen MR) is 145 cm³/mol. The van der Waals surface area contributed by atoms with E-state index in [0.717, 1.165) is 11.6 Å². The second kappa shape index (κ2) is 11.9. The Morgan fingerprint density at radius 3 is 2.42 bits per heavy atom. The first-order chi connectivity index (χ1) is 18.0. The first kappa shape index (κ1) is 28.2. The Morgan fingerprint density at radius 2 is 1.74 bits per heavy atom. The van der Waals surface area contributed by atoms with Gasteiger partial charge in [0.15, 0.2) is 17.5 Å². The molecule has 38 heavy (non-hydrogen) atoms. The smallest absolute Gasteiger partial charge is 0.294 e. The molecule has 6 nitrogen and oxygen atoms in total. The Labute approximate surface area is 240 Å². The highest BCUT2D eigenvalue weighted by Gasteiger charge is 2.36. The number of halogens is 6. The highest BCUT2D eigenvalue weighted by Crippen LogP contribution is 2.38. The van der Waals surface area contributed by atoms with Gasteiger partial charge in [-0.1, -0.05) is 29.8 Å². The van der Waals surface area contributed by atoms with Gasteiger partial charge in [0.1, 0.15) is 18.9 Å². The summed E-state index contributed by atoms with van der Waals surface area (Å²) in [4.78, 5) is 38.2. The van der Waals surface area contributed by atoms with Crippen LogP contribution < -0.4 is 10.1 Å². The lowest BCUT2D eigenvalue weighted by Gasteiger charge is -2.13. The van der Waals surface area contributed by atoms with Crippen molar-refractivity contribution in [2.75, 3.05) is 11.9 Å². The van der Waals surface area contributed by atoms with E-state index in [4.69, 9.17) is 16.3 Å². The average molecular weight is 691 g/mol. The molecule has 0 aromatic heterocycles. The summed E-state index contributed by atoms with van der Waals surface area (Å²) in [5.74, 6) is -5.99. The number of imide groups is 1. The van der Waals surface area contributed by atoms with Gasteiger partial charge in [-0.15, -0.1) is 0 Å². The van der Waals surface area contributed by atoms with Crippen LogP contribution in [0.1, 0.15) is 11.1 Å². The van der Waals surface area contributed by atoms with E-state index in [1.807, 2.05) is 23.5 Å². The molecule has 4 rings (SSSR count). The van der Waals surface area contributed by atoms with E-state index in [-0.39, 0.29) is 11.5 Å². The Morgan fingerprint density at radius 1 is 1.05 bits per heavy atom. The molecular formula is C25H14Br2ClF3N2O4S. The van der Waals surface area contributed by atoms with Crippen LogP contribution in [0.15, 0.2) is 62.4 Å². The maximum atomic E-state index is 13.8. The average Bonchev–Trinajstić information content (AvgIpc) is 3.12. The van der Waals surface area contributed by atoms with Gasteiger partial charge in [0.2, 0.25) is 5.91 Å². The van der Waals surface area contributed by atoms with Gasteiger partial charge in [0.25, 0.3) is 11.1 Å². The molecule has 1 aliphatic heterocycles. The van der Waals surface area contributed by atoms with Gasteiger partial charge in [0.05, 0.1) is 19.5 Å². The number of hydrogen-bond acceptors (Lipinski definition) is 5. The maximum absolute atomic E-state index is 13.8. The van der Waals surface area contributed by atoms with Crippen LogP contribution >= 0.6 is 55.2 Å². The van der Waals surface area contributed by atoms with E-state index in [1.54, 1.807) is 18.2 Å². The third-order valence-electron chi connectivity index (χ3n) is 5.13. The van der Waals surface area contributed by atoms with Crippen molar-refractivity contribution >= 4 is 84.0 Å². The van der Waals surface area contributed by atoms with E-state index in [2.05, 4.69) is 31.9 Å². The molecule has 0 saturated carbocycles. The fraction of sp³-hybridized carbons (Fsp3) is 0.0800. The second-order valence-corrected chi connectivity index (χ2v) is 10.8. The van der Waals surface area contributed by atoms with Crippen LogP contribution in [0.5, 0.6) is 5.75 Å². The summed E-state index contributed by atoms with van der Waals surface area (Å²) in [6, 6.07) is 12.1. The van der Waals surface area contributed by atoms with Crippen LogP contribution in [0, 0.1) is 17.5 Å². The lowest BCUT2D eigenvalue weighted by atomic mass is 10.2. The van der Waals surface area contributed by atoms with E-state index in [1.165, 1.54) is 6.08 Å². The predicted octanol–water partition coefficient (Wildman–Crippen LogP) is 7.54. The quantitative estimate of drug-likeness (QED) is 0.205. The van der Waals surface area contributed by atoms with E-state index < -0.39 is 46.7 Å². The molecule has 3 amide bonds. The highest BCUT2D eigenvalue weighted by atomic mass is 79.9. The second-order valence-electron chi connectivity index (χ2n) is 7.73. The van der Waals surface area contributed by atoms with Crippen molar-refractivity contribution < 1.29 is 32.3 Å². The molecule has 0 radical (unpaired) electrons. The minimum atomic E-state index is -1.76. The standard InChI is InChI=1S/C25H14Br2ClF3N2O4S/c26-14-7-12(8-15(27)23(14)37-11-13-3-1-2-4-16(13)28)9-19-24(35)33(25(36)38-19)10-20(34)32-18-6-5-17(29)21(30)22(18)31/h1-9H,10-11H2,(H,32,34)/b19-9+. The Bertz CT molecular complexity index is 1480. The summed E-state index contributed by atoms with van der Waals surface area (Å²) in [5, 5.41) is 1.87. The molecule has 1 N–H and O–H groups in total. The normalized spacial score (nSPS) is 14.4. The van der Waals surface area contributed by atoms with Crippen molar-refractivity contribution in [3.8, 4) is 5.75 Å². The number of nitrogens with zero attached hydrogens (tertiary/aromatic N) is 1. The molecule has 3 aromatic rings. The SMILES string of the molecule is O=C(CN1C(=O)S/C(=C/c2cc(Br)c(OCc3ccccc3Cl)c(Br)c2)C1=O)Nc1ccc(F)c(F)c1F. The molecule has 0 aliphatic carbocycles. The number of amides is 3. The van der Waals surface area contributed by atoms with Gasteiger partial charge in [-0.05, 0) is 85.6 Å². The van der Waals surface area contributed by atoms with E-state index >= 15 is 0 Å². The van der Waals surface area contributed by atoms with Gasteiger partial charge < -0.3 is 10.1 Å². The van der Waals surface area contributed by atoms with E-state index in [0.29, 0.717) is 48.0 Å². The molecule has 1 aliphatic rings. The molecule has 196 valence electrons. The molecule has 13 heteroatoms. The number of benzene rings is 3. The number of hydrogen-bond donors (Lipinski definition) is 1. The molecule has 3 aromatic carbocycles. The third-order valence-corrected chi connectivity index (χ3v) is 7.59. The fourth-order valence-corrected chi connectivity index (χ4v) is 5.79. The minimum Gasteiger partial charge on any atom is -0.486 e. The number of nitrogens with one attached hydrogen (secondary N) is 1. The first-order valence-electron chi connectivity index (χ1n) is 10.6. The van der Waals surface area contributed by atoms with E-state index in [9.17, 15) is 27.6 Å². The molecule has 1 fully saturated rings. The summed E-state index contributed by atoms with van der Waals surface area (Å²) in [6.45, 7) is -0.533. The van der Waals surface area contributed by atoms with Gasteiger partial charge in [0, 0.05) is 10.6 Å². The zero-order chi connectivity index (χ0) is 27.6. The van der Waals surface area contributed by atoms with Gasteiger partial charge in [-0.2, -0.15) is 0 Å². The van der Waals surface area contributed by atoms with Gasteiger partial charge >= 0.3 is 0 Å². The van der Waals surface area contributed by atoms with Crippen LogP contribution in [0.2, 0.25) is 5.02 Å². The molecule has 1 saturated heterocycles. The van der Waals surface area contributed by atoms with Gasteiger partial charge in [-0.25, -0.2) is 13.2 Å². The summed E-state index contributed by atoms with van der Waals surface area (Å²) in [5.41, 5.74) is 0.720. The Hall–Kier alpha value is -2.80. The number of thioether (sulfide) groups is 1. The third kappa shape index (κ3) is 6.25. The zero-order valence-electron chi connectivity index (χ0n) is 18.9. The highest BCUT2D eigenvalue weighted by molar-refractivity contribution is 9.11. The fourth-order valence-electron chi connectivity index (χ4n) is 3.31. The minimum absolute atomic E-state index is 0.0466. The summed E-state index contributed by atoms with van der Waals surface area (Å²) in [7, 11) is 0. The number of anilines is 1. The topological polar surface area (TPSA) is 75.7 Å². The van der Waals surface area contributed by atoms with Crippen LogP contribution in [-0.4, -0.2) is 28.5 Å². The van der Waals surface area contributed by atoms with Crippen LogP contribution in [-0.2, 0) is 16.2 Å². The van der Waals surface area contributed by atoms with Crippen molar-refractivity contribution in [3.05, 3.63) is 96.0 Å². The lowest BCUT2D eigenvalue weighted by molar-refractivity contribution is -0.127. The van der Waals surface area contributed by atoms with Gasteiger partial charge in [-0.3, -0.25) is 19.3 Å². The number of carbonyl (C=O) groups is 3. The van der Waals surface area contributed by atoms with Crippen molar-refractivity contribution in [1.29, 1.82) is 0 Å². The summed E-state index contributed by atoms with van der Waals surface area (Å²) < 4.78 is 47.3. The maximum Gasteiger partial charge on any atom is 0.294 e. The van der Waals surface area contributed by atoms with Crippen molar-refractivity contribution in [2.45, 2.75) is 6.61 Å². The molecule has 0 spiro atoms. The number of ether oxygens (including phenoxy) is 1. The van der Waals surface area contributed by atoms with Crippen molar-refractivity contribution in [2.24, 2.45) is 0 Å². The molecule has 0 bridgehead atoms.